The molecule has 0 rings (SSSR count). The molecule has 0 amide bonds. The van der Waals surface area contributed by atoms with Crippen LogP contribution >= 0.6 is 7.82 Å². The van der Waals surface area contributed by atoms with Crippen LogP contribution in [0.1, 0.15) is 194 Å². The SMILES string of the molecule is CC/C=C\C/C=C\C/C=C\C/C=C\C/C=C\C/C=C\CCCCCCC(=O)OC(COCCCCCCCCCCCCC/C=C\C/C=C\C/C=C\C/C=C\CC)COP(=O)([O-])OCC[N+](C)(C)C. The Balaban J connectivity index is 4.20. The number of carbonyl (C=O) groups is 1. The summed E-state index contributed by atoms with van der Waals surface area (Å²) in [6.07, 6.45) is 73.7. The first-order chi connectivity index (χ1) is 33.6. The van der Waals surface area contributed by atoms with Gasteiger partial charge in [-0.15, -0.1) is 0 Å². The van der Waals surface area contributed by atoms with E-state index in [0.29, 0.717) is 17.6 Å². The molecule has 9 heteroatoms. The van der Waals surface area contributed by atoms with Gasteiger partial charge in [0.25, 0.3) is 7.82 Å². The van der Waals surface area contributed by atoms with Gasteiger partial charge in [0.1, 0.15) is 19.3 Å². The van der Waals surface area contributed by atoms with E-state index in [-0.39, 0.29) is 32.2 Å². The van der Waals surface area contributed by atoms with Crippen molar-refractivity contribution in [1.82, 2.24) is 0 Å². The predicted molar refractivity (Wildman–Crippen MR) is 295 cm³/mol. The first-order valence-corrected chi connectivity index (χ1v) is 28.7. The quantitative estimate of drug-likeness (QED) is 0.0197. The Morgan fingerprint density at radius 1 is 0.449 bits per heavy atom. The number of allylic oxidation sites excluding steroid dienone is 20. The molecule has 394 valence electrons. The summed E-state index contributed by atoms with van der Waals surface area (Å²) in [7, 11) is 1.32. The van der Waals surface area contributed by atoms with Gasteiger partial charge in [0, 0.05) is 13.0 Å². The predicted octanol–water partition coefficient (Wildman–Crippen LogP) is 16.6. The van der Waals surface area contributed by atoms with Crippen LogP contribution in [-0.4, -0.2) is 70.7 Å². The average molecular weight is 980 g/mol. The Morgan fingerprint density at radius 3 is 1.19 bits per heavy atom. The first-order valence-electron chi connectivity index (χ1n) is 27.3. The molecule has 8 nitrogen and oxygen atoms in total. The Bertz CT molecular complexity index is 1510. The molecular weight excluding hydrogens is 878 g/mol. The number of ether oxygens (including phenoxy) is 2. The normalized spacial score (nSPS) is 14.5. The molecule has 0 aromatic rings. The summed E-state index contributed by atoms with van der Waals surface area (Å²) in [5, 5.41) is 0. The van der Waals surface area contributed by atoms with Gasteiger partial charge in [-0.3, -0.25) is 9.36 Å². The number of likely N-dealkylation sites (N-methyl/N-ethyl adjacent to an activating group) is 1. The first kappa shape index (κ1) is 65.9. The second kappa shape index (κ2) is 51.3. The number of hydrogen-bond acceptors (Lipinski definition) is 7. The van der Waals surface area contributed by atoms with Crippen molar-refractivity contribution in [3.05, 3.63) is 122 Å². The van der Waals surface area contributed by atoms with E-state index in [2.05, 4.69) is 135 Å². The number of quaternary nitrogens is 1. The summed E-state index contributed by atoms with van der Waals surface area (Å²) in [5.74, 6) is -0.363. The highest BCUT2D eigenvalue weighted by molar-refractivity contribution is 7.45. The smallest absolute Gasteiger partial charge is 0.306 e. The molecule has 0 aliphatic rings. The molecule has 0 spiro atoms. The molecule has 69 heavy (non-hydrogen) atoms. The minimum absolute atomic E-state index is 0.0130. The lowest BCUT2D eigenvalue weighted by Crippen LogP contribution is -2.37. The van der Waals surface area contributed by atoms with E-state index in [1.165, 1.54) is 64.2 Å². The van der Waals surface area contributed by atoms with Gasteiger partial charge in [-0.25, -0.2) is 0 Å². The van der Waals surface area contributed by atoms with Crippen molar-refractivity contribution in [1.29, 1.82) is 0 Å². The van der Waals surface area contributed by atoms with E-state index in [1.807, 2.05) is 21.1 Å². The van der Waals surface area contributed by atoms with Gasteiger partial charge in [0.05, 0.1) is 34.4 Å². The van der Waals surface area contributed by atoms with Crippen molar-refractivity contribution in [2.24, 2.45) is 0 Å². The largest absolute Gasteiger partial charge is 0.756 e. The second-order valence-electron chi connectivity index (χ2n) is 18.8. The van der Waals surface area contributed by atoms with E-state index in [1.54, 1.807) is 0 Å². The van der Waals surface area contributed by atoms with Gasteiger partial charge >= 0.3 is 5.97 Å². The van der Waals surface area contributed by atoms with Gasteiger partial charge in [0.15, 0.2) is 0 Å². The molecule has 0 bridgehead atoms. The lowest BCUT2D eigenvalue weighted by atomic mass is 10.1. The molecule has 0 heterocycles. The van der Waals surface area contributed by atoms with E-state index in [9.17, 15) is 14.3 Å². The molecule has 0 aromatic heterocycles. The fourth-order valence-electron chi connectivity index (χ4n) is 6.89. The fraction of sp³-hybridized carbons (Fsp3) is 0.650. The van der Waals surface area contributed by atoms with Gasteiger partial charge < -0.3 is 27.9 Å². The van der Waals surface area contributed by atoms with E-state index in [0.717, 1.165) is 109 Å². The topological polar surface area (TPSA) is 94.1 Å². The summed E-state index contributed by atoms with van der Waals surface area (Å²) >= 11 is 0. The summed E-state index contributed by atoms with van der Waals surface area (Å²) < 4.78 is 34.8. The molecule has 0 aliphatic carbocycles. The zero-order valence-corrected chi connectivity index (χ0v) is 45.6. The highest BCUT2D eigenvalue weighted by Gasteiger charge is 2.20. The molecule has 0 fully saturated rings. The van der Waals surface area contributed by atoms with E-state index >= 15 is 0 Å². The number of unbranched alkanes of at least 4 members (excludes halogenated alkanes) is 15. The summed E-state index contributed by atoms with van der Waals surface area (Å²) in [5.41, 5.74) is 0. The highest BCUT2D eigenvalue weighted by Crippen LogP contribution is 2.38. The van der Waals surface area contributed by atoms with Crippen molar-refractivity contribution < 1.29 is 37.3 Å². The van der Waals surface area contributed by atoms with Crippen molar-refractivity contribution in [2.45, 2.75) is 200 Å². The Labute approximate surface area is 424 Å². The molecule has 0 aromatic carbocycles. The van der Waals surface area contributed by atoms with Crippen molar-refractivity contribution in [2.75, 3.05) is 54.1 Å². The number of esters is 1. The Morgan fingerprint density at radius 2 is 0.797 bits per heavy atom. The number of phosphoric acid groups is 1. The van der Waals surface area contributed by atoms with E-state index in [4.69, 9.17) is 18.5 Å². The zero-order valence-electron chi connectivity index (χ0n) is 44.7. The van der Waals surface area contributed by atoms with Crippen LogP contribution in [0.5, 0.6) is 0 Å². The molecule has 2 unspecified atom stereocenters. The minimum Gasteiger partial charge on any atom is -0.756 e. The number of phosphoric ester groups is 1. The number of nitrogens with zero attached hydrogens (tertiary/aromatic N) is 1. The molecule has 2 atom stereocenters. The van der Waals surface area contributed by atoms with Crippen molar-refractivity contribution in [3.8, 4) is 0 Å². The molecule has 0 aliphatic heterocycles. The minimum atomic E-state index is -4.55. The van der Waals surface area contributed by atoms with Gasteiger partial charge in [-0.05, 0) is 103 Å². The maximum Gasteiger partial charge on any atom is 0.306 e. The number of rotatable bonds is 49. The molecule has 0 saturated carbocycles. The van der Waals surface area contributed by atoms with E-state index < -0.39 is 13.9 Å². The molecule has 0 N–H and O–H groups in total. The van der Waals surface area contributed by atoms with Crippen molar-refractivity contribution >= 4 is 13.8 Å². The van der Waals surface area contributed by atoms with Gasteiger partial charge in [-0.1, -0.05) is 206 Å². The maximum absolute atomic E-state index is 12.8. The van der Waals surface area contributed by atoms with Crippen LogP contribution < -0.4 is 4.89 Å². The average Bonchev–Trinajstić information content (AvgIpc) is 3.31. The van der Waals surface area contributed by atoms with Crippen LogP contribution in [0.2, 0.25) is 0 Å². The van der Waals surface area contributed by atoms with Gasteiger partial charge in [-0.2, -0.15) is 0 Å². The van der Waals surface area contributed by atoms with Crippen molar-refractivity contribution in [3.63, 3.8) is 0 Å². The maximum atomic E-state index is 12.8. The second-order valence-corrected chi connectivity index (χ2v) is 20.2. The Kier molecular flexibility index (Phi) is 49.0. The zero-order chi connectivity index (χ0) is 50.5. The summed E-state index contributed by atoms with van der Waals surface area (Å²) in [6.45, 7) is 5.12. The standard InChI is InChI=1S/C60H102NO7P/c1-6-8-10-12-14-16-18-20-22-24-26-28-30-32-34-36-38-40-42-44-46-48-50-52-55-65-57-59(58-67-69(63,64)66-56-54-61(3,4)5)68-60(62)53-51-49-47-45-43-41-39-37-35-33-31-29-27-25-23-21-19-17-15-13-11-9-7-2/h8-11,14-17,20-23,26-29,33,35,39,41,59H,6-7,12-13,18-19,24-25,30-32,34,36-38,40,42-58H2,1-5H3/b10-8-,11-9-,16-14-,17-15-,22-20-,23-21-,28-26-,29-27-,35-33-,41-39-. The van der Waals surface area contributed by atoms with Crippen LogP contribution in [-0.2, 0) is 27.9 Å². The monoisotopic (exact) mass is 980 g/mol. The van der Waals surface area contributed by atoms with Gasteiger partial charge in [0.2, 0.25) is 0 Å². The number of hydrogen-bond donors (Lipinski definition) is 0. The van der Waals surface area contributed by atoms with Crippen LogP contribution in [0, 0.1) is 0 Å². The van der Waals surface area contributed by atoms with Crippen LogP contribution in [0.15, 0.2) is 122 Å². The van der Waals surface area contributed by atoms with Crippen LogP contribution in [0.4, 0.5) is 0 Å². The third kappa shape index (κ3) is 55.7. The summed E-state index contributed by atoms with van der Waals surface area (Å²) in [6, 6.07) is 0. The lowest BCUT2D eigenvalue weighted by Gasteiger charge is -2.28. The fourth-order valence-corrected chi connectivity index (χ4v) is 7.62. The van der Waals surface area contributed by atoms with Crippen LogP contribution in [0.3, 0.4) is 0 Å². The molecule has 0 saturated heterocycles. The third-order valence-electron chi connectivity index (χ3n) is 11.0. The highest BCUT2D eigenvalue weighted by atomic mass is 31.2. The number of carbonyl (C=O) groups excluding carboxylic acids is 1. The third-order valence-corrected chi connectivity index (χ3v) is 12.0. The Hall–Kier alpha value is -3.10. The molecule has 0 radical (unpaired) electrons. The molecular formula is C60H102NO7P. The summed E-state index contributed by atoms with van der Waals surface area (Å²) in [4.78, 5) is 25.2. The lowest BCUT2D eigenvalue weighted by molar-refractivity contribution is -0.870. The van der Waals surface area contributed by atoms with Crippen LogP contribution in [0.25, 0.3) is 0 Å².